The lowest BCUT2D eigenvalue weighted by Crippen LogP contribution is -2.32. The molecule has 1 N–H and O–H groups in total. The van der Waals surface area contributed by atoms with E-state index in [1.54, 1.807) is 12.1 Å². The van der Waals surface area contributed by atoms with Gasteiger partial charge in [0.05, 0.1) is 0 Å². The number of anilines is 1. The minimum Gasteiger partial charge on any atom is -0.370 e. The second-order valence-corrected chi connectivity index (χ2v) is 6.65. The normalized spacial score (nSPS) is 19.0. The molecule has 1 heterocycles. The summed E-state index contributed by atoms with van der Waals surface area (Å²) in [6.45, 7) is 8.12. The van der Waals surface area contributed by atoms with Crippen molar-refractivity contribution in [1.82, 2.24) is 10.2 Å². The monoisotopic (exact) mass is 293 g/mol. The standard InChI is InChI=1S/C17H28FN3/c1-13(2)10-19-11-14-9-15(18)5-6-17(14)21-8-7-16(12-21)20(3)4/h5-6,9,13,16,19H,7-8,10-12H2,1-4H3. The van der Waals surface area contributed by atoms with Gasteiger partial charge in [-0.05, 0) is 56.7 Å². The molecule has 4 heteroatoms. The SMILES string of the molecule is CC(C)CNCc1cc(F)ccc1N1CCC(N(C)C)C1. The van der Waals surface area contributed by atoms with Crippen LogP contribution in [0.3, 0.4) is 0 Å². The summed E-state index contributed by atoms with van der Waals surface area (Å²) in [6.07, 6.45) is 1.17. The fourth-order valence-corrected chi connectivity index (χ4v) is 2.88. The topological polar surface area (TPSA) is 18.5 Å². The molecule has 0 saturated carbocycles. The Bertz CT molecular complexity index is 459. The predicted molar refractivity (Wildman–Crippen MR) is 87.2 cm³/mol. The molecule has 0 bridgehead atoms. The Morgan fingerprint density at radius 2 is 2.14 bits per heavy atom. The maximum atomic E-state index is 13.6. The highest BCUT2D eigenvalue weighted by Gasteiger charge is 2.25. The van der Waals surface area contributed by atoms with Crippen LogP contribution in [0.1, 0.15) is 25.8 Å². The molecule has 1 unspecified atom stereocenters. The van der Waals surface area contributed by atoms with Crippen LogP contribution in [0.2, 0.25) is 0 Å². The summed E-state index contributed by atoms with van der Waals surface area (Å²) in [5.74, 6) is 0.454. The van der Waals surface area contributed by atoms with Gasteiger partial charge in [-0.25, -0.2) is 4.39 Å². The number of hydrogen-bond donors (Lipinski definition) is 1. The first-order valence-electron chi connectivity index (χ1n) is 7.88. The molecule has 0 aromatic heterocycles. The van der Waals surface area contributed by atoms with Crippen molar-refractivity contribution in [3.63, 3.8) is 0 Å². The van der Waals surface area contributed by atoms with Crippen LogP contribution in [0, 0.1) is 11.7 Å². The van der Waals surface area contributed by atoms with E-state index < -0.39 is 0 Å². The quantitative estimate of drug-likeness (QED) is 0.870. The van der Waals surface area contributed by atoms with Gasteiger partial charge in [-0.1, -0.05) is 13.8 Å². The Morgan fingerprint density at radius 3 is 2.76 bits per heavy atom. The first-order valence-corrected chi connectivity index (χ1v) is 7.88. The van der Waals surface area contributed by atoms with Crippen LogP contribution < -0.4 is 10.2 Å². The summed E-state index contributed by atoms with van der Waals surface area (Å²) in [6, 6.07) is 5.77. The van der Waals surface area contributed by atoms with E-state index in [0.29, 0.717) is 12.0 Å². The molecule has 2 rings (SSSR count). The zero-order valence-electron chi connectivity index (χ0n) is 13.7. The summed E-state index contributed by atoms with van der Waals surface area (Å²) < 4.78 is 13.6. The van der Waals surface area contributed by atoms with Gasteiger partial charge in [0, 0.05) is 31.4 Å². The minimum atomic E-state index is -0.150. The van der Waals surface area contributed by atoms with E-state index >= 15 is 0 Å². The van der Waals surface area contributed by atoms with Crippen molar-refractivity contribution in [3.05, 3.63) is 29.6 Å². The van der Waals surface area contributed by atoms with Crippen LogP contribution in [0.25, 0.3) is 0 Å². The van der Waals surface area contributed by atoms with Gasteiger partial charge in [-0.2, -0.15) is 0 Å². The Labute approximate surface area is 128 Å². The van der Waals surface area contributed by atoms with Crippen molar-refractivity contribution in [2.45, 2.75) is 32.9 Å². The average Bonchev–Trinajstić information content (AvgIpc) is 2.88. The molecule has 21 heavy (non-hydrogen) atoms. The lowest BCUT2D eigenvalue weighted by atomic mass is 10.1. The van der Waals surface area contributed by atoms with E-state index in [1.165, 1.54) is 12.1 Å². The largest absolute Gasteiger partial charge is 0.370 e. The molecule has 118 valence electrons. The maximum absolute atomic E-state index is 13.6. The predicted octanol–water partition coefficient (Wildman–Crippen LogP) is 2.71. The number of nitrogens with zero attached hydrogens (tertiary/aromatic N) is 2. The Kier molecular flexibility index (Phi) is 5.59. The minimum absolute atomic E-state index is 0.150. The lowest BCUT2D eigenvalue weighted by molar-refractivity contribution is 0.315. The third-order valence-electron chi connectivity index (χ3n) is 4.14. The highest BCUT2D eigenvalue weighted by atomic mass is 19.1. The van der Waals surface area contributed by atoms with E-state index in [0.717, 1.165) is 31.7 Å². The number of benzene rings is 1. The van der Waals surface area contributed by atoms with Crippen molar-refractivity contribution >= 4 is 5.69 Å². The van der Waals surface area contributed by atoms with Gasteiger partial charge in [0.25, 0.3) is 0 Å². The van der Waals surface area contributed by atoms with E-state index in [1.807, 2.05) is 6.07 Å². The van der Waals surface area contributed by atoms with Crippen LogP contribution in [-0.2, 0) is 6.54 Å². The summed E-state index contributed by atoms with van der Waals surface area (Å²) in [5, 5.41) is 3.42. The van der Waals surface area contributed by atoms with Gasteiger partial charge in [-0.3, -0.25) is 0 Å². The number of nitrogens with one attached hydrogen (secondary N) is 1. The van der Waals surface area contributed by atoms with Gasteiger partial charge in [-0.15, -0.1) is 0 Å². The molecule has 3 nitrogen and oxygen atoms in total. The molecule has 1 saturated heterocycles. The van der Waals surface area contributed by atoms with Crippen LogP contribution >= 0.6 is 0 Å². The van der Waals surface area contributed by atoms with Gasteiger partial charge in [0.15, 0.2) is 0 Å². The first-order chi connectivity index (χ1) is 9.97. The van der Waals surface area contributed by atoms with Crippen LogP contribution in [0.5, 0.6) is 0 Å². The van der Waals surface area contributed by atoms with Gasteiger partial charge in [0.2, 0.25) is 0 Å². The Balaban J connectivity index is 2.08. The summed E-state index contributed by atoms with van der Waals surface area (Å²) in [4.78, 5) is 4.66. The fourth-order valence-electron chi connectivity index (χ4n) is 2.88. The van der Waals surface area contributed by atoms with Gasteiger partial charge < -0.3 is 15.1 Å². The smallest absolute Gasteiger partial charge is 0.123 e. The molecule has 1 aromatic carbocycles. The molecule has 1 fully saturated rings. The number of halogens is 1. The fraction of sp³-hybridized carbons (Fsp3) is 0.647. The Morgan fingerprint density at radius 1 is 1.38 bits per heavy atom. The number of hydrogen-bond acceptors (Lipinski definition) is 3. The number of likely N-dealkylation sites (N-methyl/N-ethyl adjacent to an activating group) is 1. The molecule has 0 aliphatic carbocycles. The van der Waals surface area contributed by atoms with Crippen molar-refractivity contribution < 1.29 is 4.39 Å². The molecule has 0 spiro atoms. The third kappa shape index (κ3) is 4.42. The van der Waals surface area contributed by atoms with E-state index in [4.69, 9.17) is 0 Å². The average molecular weight is 293 g/mol. The molecule has 1 atom stereocenters. The molecule has 1 aliphatic rings. The zero-order valence-corrected chi connectivity index (χ0v) is 13.7. The van der Waals surface area contributed by atoms with E-state index in [-0.39, 0.29) is 5.82 Å². The van der Waals surface area contributed by atoms with Crippen LogP contribution in [0.4, 0.5) is 10.1 Å². The van der Waals surface area contributed by atoms with Crippen molar-refractivity contribution in [2.75, 3.05) is 38.6 Å². The molecule has 1 aliphatic heterocycles. The number of rotatable bonds is 6. The highest BCUT2D eigenvalue weighted by molar-refractivity contribution is 5.55. The van der Waals surface area contributed by atoms with E-state index in [9.17, 15) is 4.39 Å². The molecule has 1 aromatic rings. The van der Waals surface area contributed by atoms with Crippen LogP contribution in [-0.4, -0.2) is 44.7 Å². The zero-order chi connectivity index (χ0) is 15.4. The van der Waals surface area contributed by atoms with Crippen molar-refractivity contribution in [3.8, 4) is 0 Å². The van der Waals surface area contributed by atoms with Crippen molar-refractivity contribution in [2.24, 2.45) is 5.92 Å². The van der Waals surface area contributed by atoms with Gasteiger partial charge in [0.1, 0.15) is 5.82 Å². The third-order valence-corrected chi connectivity index (χ3v) is 4.14. The Hall–Kier alpha value is -1.13. The summed E-state index contributed by atoms with van der Waals surface area (Å²) in [5.41, 5.74) is 2.24. The van der Waals surface area contributed by atoms with E-state index in [2.05, 4.69) is 43.1 Å². The molecular formula is C17H28FN3. The second kappa shape index (κ2) is 7.23. The first kappa shape index (κ1) is 16.2. The molecule has 0 amide bonds. The molecule has 0 radical (unpaired) electrons. The van der Waals surface area contributed by atoms with Crippen molar-refractivity contribution in [1.29, 1.82) is 0 Å². The second-order valence-electron chi connectivity index (χ2n) is 6.65. The summed E-state index contributed by atoms with van der Waals surface area (Å²) in [7, 11) is 4.26. The van der Waals surface area contributed by atoms with Gasteiger partial charge >= 0.3 is 0 Å². The highest BCUT2D eigenvalue weighted by Crippen LogP contribution is 2.26. The summed E-state index contributed by atoms with van der Waals surface area (Å²) >= 11 is 0. The van der Waals surface area contributed by atoms with Crippen LogP contribution in [0.15, 0.2) is 18.2 Å². The maximum Gasteiger partial charge on any atom is 0.123 e. The molecular weight excluding hydrogens is 265 g/mol. The lowest BCUT2D eigenvalue weighted by Gasteiger charge is -2.24.